The summed E-state index contributed by atoms with van der Waals surface area (Å²) in [5.41, 5.74) is 1.28. The van der Waals surface area contributed by atoms with Crippen molar-refractivity contribution in [3.05, 3.63) is 64.4 Å². The first-order valence-corrected chi connectivity index (χ1v) is 7.92. The second-order valence-corrected chi connectivity index (χ2v) is 6.47. The minimum Gasteiger partial charge on any atom is -0.392 e. The highest BCUT2D eigenvalue weighted by molar-refractivity contribution is 7.89. The molecule has 0 saturated carbocycles. The average molecular weight is 330 g/mol. The number of hydrogen-bond acceptors (Lipinski definition) is 3. The Kier molecular flexibility index (Phi) is 4.95. The Hall–Kier alpha value is -1.47. The maximum atomic E-state index is 13.0. The first kappa shape index (κ1) is 15.9. The molecule has 4 nitrogen and oxygen atoms in total. The zero-order valence-electron chi connectivity index (χ0n) is 10.9. The van der Waals surface area contributed by atoms with Crippen LogP contribution in [0.4, 0.5) is 4.39 Å². The molecule has 2 aromatic rings. The largest absolute Gasteiger partial charge is 0.392 e. The van der Waals surface area contributed by atoms with Gasteiger partial charge in [0.25, 0.3) is 0 Å². The number of aliphatic hydroxyl groups excluding tert-OH is 1. The van der Waals surface area contributed by atoms with E-state index >= 15 is 0 Å². The molecule has 0 fully saturated rings. The summed E-state index contributed by atoms with van der Waals surface area (Å²) in [4.78, 5) is -0.188. The van der Waals surface area contributed by atoms with Gasteiger partial charge in [0.05, 0.1) is 11.6 Å². The quantitative estimate of drug-likeness (QED) is 0.885. The van der Waals surface area contributed by atoms with Crippen LogP contribution in [0, 0.1) is 5.82 Å². The molecule has 0 amide bonds. The van der Waals surface area contributed by atoms with E-state index in [1.807, 2.05) is 0 Å². The van der Waals surface area contributed by atoms with Crippen molar-refractivity contribution in [2.75, 3.05) is 0 Å². The van der Waals surface area contributed by atoms with Gasteiger partial charge in [-0.1, -0.05) is 35.9 Å². The highest BCUT2D eigenvalue weighted by Gasteiger charge is 2.18. The van der Waals surface area contributed by atoms with Crippen LogP contribution in [0.3, 0.4) is 0 Å². The Balaban J connectivity index is 2.22. The Morgan fingerprint density at radius 3 is 2.43 bits per heavy atom. The molecule has 2 N–H and O–H groups in total. The van der Waals surface area contributed by atoms with Gasteiger partial charge < -0.3 is 5.11 Å². The van der Waals surface area contributed by atoms with Crippen molar-refractivity contribution in [1.82, 2.24) is 4.72 Å². The highest BCUT2D eigenvalue weighted by atomic mass is 35.5. The van der Waals surface area contributed by atoms with Gasteiger partial charge in [-0.25, -0.2) is 17.5 Å². The molecule has 0 saturated heterocycles. The van der Waals surface area contributed by atoms with Crippen molar-refractivity contribution in [1.29, 1.82) is 0 Å². The van der Waals surface area contributed by atoms with E-state index in [0.717, 1.165) is 18.2 Å². The Bertz CT molecular complexity index is 750. The van der Waals surface area contributed by atoms with Gasteiger partial charge >= 0.3 is 0 Å². The summed E-state index contributed by atoms with van der Waals surface area (Å²) in [6.45, 7) is -0.179. The summed E-state index contributed by atoms with van der Waals surface area (Å²) in [7, 11) is -3.86. The fourth-order valence-corrected chi connectivity index (χ4v) is 3.36. The van der Waals surface area contributed by atoms with Crippen LogP contribution >= 0.6 is 11.6 Å². The Morgan fingerprint density at radius 1 is 1.14 bits per heavy atom. The predicted octanol–water partition coefficient (Wildman–Crippen LogP) is 2.45. The monoisotopic (exact) mass is 329 g/mol. The Labute approximate surface area is 127 Å². The molecular weight excluding hydrogens is 317 g/mol. The SMILES string of the molecule is O=S(=O)(NCc1ccccc1CO)c1ccc(F)cc1Cl. The van der Waals surface area contributed by atoms with Crippen LogP contribution in [0.5, 0.6) is 0 Å². The molecule has 2 rings (SSSR count). The summed E-state index contributed by atoms with van der Waals surface area (Å²) in [6.07, 6.45) is 0. The van der Waals surface area contributed by atoms with Crippen molar-refractivity contribution in [2.45, 2.75) is 18.0 Å². The molecule has 0 atom stereocenters. The van der Waals surface area contributed by atoms with E-state index in [9.17, 15) is 17.9 Å². The van der Waals surface area contributed by atoms with Crippen molar-refractivity contribution >= 4 is 21.6 Å². The third-order valence-corrected chi connectivity index (χ3v) is 4.81. The molecule has 0 aliphatic carbocycles. The molecule has 0 unspecified atom stereocenters. The van der Waals surface area contributed by atoms with E-state index in [4.69, 9.17) is 11.6 Å². The average Bonchev–Trinajstić information content (AvgIpc) is 2.45. The van der Waals surface area contributed by atoms with E-state index in [1.165, 1.54) is 0 Å². The summed E-state index contributed by atoms with van der Waals surface area (Å²) in [6, 6.07) is 9.99. The Morgan fingerprint density at radius 2 is 1.81 bits per heavy atom. The molecule has 0 aliphatic heterocycles. The van der Waals surface area contributed by atoms with Crippen molar-refractivity contribution in [3.63, 3.8) is 0 Å². The molecule has 2 aromatic carbocycles. The summed E-state index contributed by atoms with van der Waals surface area (Å²) in [5.74, 6) is -0.607. The van der Waals surface area contributed by atoms with Crippen LogP contribution in [0.25, 0.3) is 0 Å². The maximum Gasteiger partial charge on any atom is 0.242 e. The number of hydrogen-bond donors (Lipinski definition) is 2. The lowest BCUT2D eigenvalue weighted by Crippen LogP contribution is -2.24. The maximum absolute atomic E-state index is 13.0. The van der Waals surface area contributed by atoms with Gasteiger partial charge in [0.2, 0.25) is 10.0 Å². The lowest BCUT2D eigenvalue weighted by Gasteiger charge is -2.10. The van der Waals surface area contributed by atoms with Gasteiger partial charge in [-0.15, -0.1) is 0 Å². The van der Waals surface area contributed by atoms with Crippen molar-refractivity contribution in [2.24, 2.45) is 0 Å². The minimum atomic E-state index is -3.86. The van der Waals surface area contributed by atoms with E-state index in [1.54, 1.807) is 24.3 Å². The lowest BCUT2D eigenvalue weighted by atomic mass is 10.1. The molecule has 0 aromatic heterocycles. The number of aliphatic hydroxyl groups is 1. The molecule has 7 heteroatoms. The lowest BCUT2D eigenvalue weighted by molar-refractivity contribution is 0.280. The molecule has 0 heterocycles. The number of halogens is 2. The fraction of sp³-hybridized carbons (Fsp3) is 0.143. The highest BCUT2D eigenvalue weighted by Crippen LogP contribution is 2.22. The van der Waals surface area contributed by atoms with E-state index in [2.05, 4.69) is 4.72 Å². The zero-order valence-corrected chi connectivity index (χ0v) is 12.5. The van der Waals surface area contributed by atoms with Gasteiger partial charge in [0, 0.05) is 6.54 Å². The van der Waals surface area contributed by atoms with Crippen LogP contribution in [0.15, 0.2) is 47.4 Å². The zero-order chi connectivity index (χ0) is 15.5. The third-order valence-electron chi connectivity index (χ3n) is 2.92. The molecule has 112 valence electrons. The number of rotatable bonds is 5. The molecule has 0 aliphatic rings. The van der Waals surface area contributed by atoms with Crippen LogP contribution < -0.4 is 4.72 Å². The number of benzene rings is 2. The summed E-state index contributed by atoms with van der Waals surface area (Å²) < 4.78 is 39.7. The second kappa shape index (κ2) is 6.53. The molecule has 0 spiro atoms. The predicted molar refractivity (Wildman–Crippen MR) is 77.8 cm³/mol. The minimum absolute atomic E-state index is 0.00672. The second-order valence-electron chi connectivity index (χ2n) is 4.33. The molecule has 21 heavy (non-hydrogen) atoms. The van der Waals surface area contributed by atoms with Crippen LogP contribution in [-0.2, 0) is 23.2 Å². The molecular formula is C14H13ClFNO3S. The van der Waals surface area contributed by atoms with Gasteiger partial charge in [0.15, 0.2) is 0 Å². The van der Waals surface area contributed by atoms with Gasteiger partial charge in [-0.05, 0) is 29.3 Å². The van der Waals surface area contributed by atoms with E-state index in [-0.39, 0.29) is 23.1 Å². The first-order valence-electron chi connectivity index (χ1n) is 6.06. The summed E-state index contributed by atoms with van der Waals surface area (Å²) in [5, 5.41) is 9.02. The normalized spacial score (nSPS) is 11.6. The van der Waals surface area contributed by atoms with Crippen molar-refractivity contribution < 1.29 is 17.9 Å². The standard InChI is InChI=1S/C14H13ClFNO3S/c15-13-7-12(16)5-6-14(13)21(19,20)17-8-10-3-1-2-4-11(10)9-18/h1-7,17-18H,8-9H2. The van der Waals surface area contributed by atoms with Crippen molar-refractivity contribution in [3.8, 4) is 0 Å². The topological polar surface area (TPSA) is 66.4 Å². The van der Waals surface area contributed by atoms with Gasteiger partial charge in [-0.2, -0.15) is 0 Å². The number of nitrogens with one attached hydrogen (secondary N) is 1. The first-order chi connectivity index (χ1) is 9.94. The van der Waals surface area contributed by atoms with Gasteiger partial charge in [0.1, 0.15) is 10.7 Å². The third kappa shape index (κ3) is 3.79. The fourth-order valence-electron chi connectivity index (χ4n) is 1.83. The van der Waals surface area contributed by atoms with Gasteiger partial charge in [-0.3, -0.25) is 0 Å². The number of sulfonamides is 1. The molecule has 0 bridgehead atoms. The smallest absolute Gasteiger partial charge is 0.242 e. The van der Waals surface area contributed by atoms with Crippen LogP contribution in [0.1, 0.15) is 11.1 Å². The summed E-state index contributed by atoms with van der Waals surface area (Å²) >= 11 is 5.76. The van der Waals surface area contributed by atoms with Crippen LogP contribution in [-0.4, -0.2) is 13.5 Å². The van der Waals surface area contributed by atoms with E-state index < -0.39 is 15.8 Å². The van der Waals surface area contributed by atoms with E-state index in [0.29, 0.717) is 11.1 Å². The van der Waals surface area contributed by atoms with Crippen LogP contribution in [0.2, 0.25) is 5.02 Å². The molecule has 0 radical (unpaired) electrons.